The SMILES string of the molecule is O[C@@H]1CCC[C@H]1N1CCN(c2ccccc2F)CC1. The van der Waals surface area contributed by atoms with Crippen LogP contribution in [0.2, 0.25) is 0 Å². The Balaban J connectivity index is 1.62. The van der Waals surface area contributed by atoms with Gasteiger partial charge >= 0.3 is 0 Å². The number of anilines is 1. The molecule has 0 aromatic heterocycles. The molecule has 2 fully saturated rings. The Labute approximate surface area is 113 Å². The van der Waals surface area contributed by atoms with Crippen molar-refractivity contribution in [3.63, 3.8) is 0 Å². The predicted octanol–water partition coefficient (Wildman–Crippen LogP) is 1.86. The Morgan fingerprint density at radius 3 is 2.42 bits per heavy atom. The number of benzene rings is 1. The topological polar surface area (TPSA) is 26.7 Å². The molecule has 104 valence electrons. The van der Waals surface area contributed by atoms with Gasteiger partial charge < -0.3 is 10.0 Å². The lowest BCUT2D eigenvalue weighted by molar-refractivity contribution is 0.0671. The second-order valence-corrected chi connectivity index (χ2v) is 5.54. The summed E-state index contributed by atoms with van der Waals surface area (Å²) in [4.78, 5) is 4.47. The van der Waals surface area contributed by atoms with Crippen LogP contribution in [-0.2, 0) is 0 Å². The maximum Gasteiger partial charge on any atom is 0.146 e. The predicted molar refractivity (Wildman–Crippen MR) is 73.8 cm³/mol. The van der Waals surface area contributed by atoms with Crippen LogP contribution in [0, 0.1) is 5.82 Å². The Morgan fingerprint density at radius 2 is 1.79 bits per heavy atom. The number of aliphatic hydroxyl groups excluding tert-OH is 1. The molecule has 1 heterocycles. The zero-order chi connectivity index (χ0) is 13.2. The molecule has 3 nitrogen and oxygen atoms in total. The third kappa shape index (κ3) is 2.60. The fourth-order valence-corrected chi connectivity index (χ4v) is 3.35. The van der Waals surface area contributed by atoms with Crippen LogP contribution in [0.15, 0.2) is 24.3 Å². The van der Waals surface area contributed by atoms with Crippen molar-refractivity contribution in [2.45, 2.75) is 31.4 Å². The van der Waals surface area contributed by atoms with Gasteiger partial charge in [0.05, 0.1) is 11.8 Å². The number of rotatable bonds is 2. The molecule has 19 heavy (non-hydrogen) atoms. The third-order valence-electron chi connectivity index (χ3n) is 4.42. The fraction of sp³-hybridized carbons (Fsp3) is 0.600. The van der Waals surface area contributed by atoms with Gasteiger partial charge in [0.15, 0.2) is 0 Å². The van der Waals surface area contributed by atoms with Crippen LogP contribution in [-0.4, -0.2) is 48.3 Å². The van der Waals surface area contributed by atoms with E-state index >= 15 is 0 Å². The summed E-state index contributed by atoms with van der Waals surface area (Å²) < 4.78 is 13.7. The van der Waals surface area contributed by atoms with Gasteiger partial charge in [-0.1, -0.05) is 12.1 Å². The summed E-state index contributed by atoms with van der Waals surface area (Å²) in [6, 6.07) is 7.29. The lowest BCUT2D eigenvalue weighted by Gasteiger charge is -2.40. The second-order valence-electron chi connectivity index (χ2n) is 5.54. The summed E-state index contributed by atoms with van der Waals surface area (Å²) in [5.74, 6) is -0.142. The van der Waals surface area contributed by atoms with Crippen molar-refractivity contribution in [3.05, 3.63) is 30.1 Å². The third-order valence-corrected chi connectivity index (χ3v) is 4.42. The first-order valence-electron chi connectivity index (χ1n) is 7.17. The number of para-hydroxylation sites is 1. The maximum atomic E-state index is 13.7. The fourth-order valence-electron chi connectivity index (χ4n) is 3.35. The zero-order valence-corrected chi connectivity index (χ0v) is 11.1. The van der Waals surface area contributed by atoms with E-state index < -0.39 is 0 Å². The van der Waals surface area contributed by atoms with Gasteiger partial charge in [0.2, 0.25) is 0 Å². The van der Waals surface area contributed by atoms with Gasteiger partial charge in [0, 0.05) is 32.2 Å². The molecule has 0 radical (unpaired) electrons. The van der Waals surface area contributed by atoms with E-state index in [4.69, 9.17) is 0 Å². The minimum absolute atomic E-state index is 0.142. The highest BCUT2D eigenvalue weighted by Crippen LogP contribution is 2.26. The molecule has 3 rings (SSSR count). The van der Waals surface area contributed by atoms with Crippen LogP contribution < -0.4 is 4.90 Å². The van der Waals surface area contributed by atoms with E-state index in [0.29, 0.717) is 11.7 Å². The van der Waals surface area contributed by atoms with Crippen molar-refractivity contribution < 1.29 is 9.50 Å². The molecular weight excluding hydrogens is 243 g/mol. The number of hydrogen-bond acceptors (Lipinski definition) is 3. The molecule has 1 aliphatic heterocycles. The minimum atomic E-state index is -0.167. The molecule has 1 aliphatic carbocycles. The van der Waals surface area contributed by atoms with Gasteiger partial charge in [-0.25, -0.2) is 4.39 Å². The number of piperazine rings is 1. The molecular formula is C15H21FN2O. The summed E-state index contributed by atoms with van der Waals surface area (Å²) in [5.41, 5.74) is 0.703. The van der Waals surface area contributed by atoms with Crippen molar-refractivity contribution in [2.24, 2.45) is 0 Å². The lowest BCUT2D eigenvalue weighted by Crippen LogP contribution is -2.52. The first-order valence-corrected chi connectivity index (χ1v) is 7.17. The molecule has 1 saturated carbocycles. The Hall–Kier alpha value is -1.13. The van der Waals surface area contributed by atoms with E-state index in [1.165, 1.54) is 6.07 Å². The summed E-state index contributed by atoms with van der Waals surface area (Å²) in [5, 5.41) is 9.95. The van der Waals surface area contributed by atoms with Gasteiger partial charge in [-0.15, -0.1) is 0 Å². The number of nitrogens with zero attached hydrogens (tertiary/aromatic N) is 2. The summed E-state index contributed by atoms with van der Waals surface area (Å²) in [6.45, 7) is 3.50. The Morgan fingerprint density at radius 1 is 1.05 bits per heavy atom. The number of halogens is 1. The van der Waals surface area contributed by atoms with Crippen molar-refractivity contribution in [1.82, 2.24) is 4.90 Å². The monoisotopic (exact) mass is 264 g/mol. The van der Waals surface area contributed by atoms with Gasteiger partial charge in [0.1, 0.15) is 5.82 Å². The van der Waals surface area contributed by atoms with Crippen LogP contribution in [0.25, 0.3) is 0 Å². The highest BCUT2D eigenvalue weighted by atomic mass is 19.1. The highest BCUT2D eigenvalue weighted by molar-refractivity contribution is 5.48. The second kappa shape index (κ2) is 5.47. The van der Waals surface area contributed by atoms with E-state index in [-0.39, 0.29) is 11.9 Å². The Bertz CT molecular complexity index is 432. The molecule has 1 aromatic carbocycles. The molecule has 1 aromatic rings. The average Bonchev–Trinajstić information content (AvgIpc) is 2.86. The van der Waals surface area contributed by atoms with Crippen molar-refractivity contribution >= 4 is 5.69 Å². The van der Waals surface area contributed by atoms with Crippen LogP contribution >= 0.6 is 0 Å². The molecule has 1 saturated heterocycles. The average molecular weight is 264 g/mol. The van der Waals surface area contributed by atoms with Gasteiger partial charge in [-0.3, -0.25) is 4.90 Å². The molecule has 0 spiro atoms. The van der Waals surface area contributed by atoms with Crippen molar-refractivity contribution in [2.75, 3.05) is 31.1 Å². The molecule has 0 unspecified atom stereocenters. The van der Waals surface area contributed by atoms with Crippen molar-refractivity contribution in [1.29, 1.82) is 0 Å². The summed E-state index contributed by atoms with van der Waals surface area (Å²) in [6.07, 6.45) is 2.98. The van der Waals surface area contributed by atoms with Crippen LogP contribution in [0.5, 0.6) is 0 Å². The molecule has 1 N–H and O–H groups in total. The highest BCUT2D eigenvalue weighted by Gasteiger charge is 2.32. The number of hydrogen-bond donors (Lipinski definition) is 1. The normalized spacial score (nSPS) is 28.8. The van der Waals surface area contributed by atoms with Crippen LogP contribution in [0.4, 0.5) is 10.1 Å². The van der Waals surface area contributed by atoms with E-state index in [9.17, 15) is 9.50 Å². The standard InChI is InChI=1S/C15H21FN2O/c16-12-4-1-2-5-13(12)17-8-10-18(11-9-17)14-6-3-7-15(14)19/h1-2,4-5,14-15,19H,3,6-11H2/t14-,15-/m1/s1. The lowest BCUT2D eigenvalue weighted by atomic mass is 10.1. The summed E-state index contributed by atoms with van der Waals surface area (Å²) >= 11 is 0. The molecule has 0 amide bonds. The van der Waals surface area contributed by atoms with E-state index in [2.05, 4.69) is 9.80 Å². The summed E-state index contributed by atoms with van der Waals surface area (Å²) in [7, 11) is 0. The van der Waals surface area contributed by atoms with Crippen LogP contribution in [0.3, 0.4) is 0 Å². The quantitative estimate of drug-likeness (QED) is 0.883. The Kier molecular flexibility index (Phi) is 3.71. The molecule has 4 heteroatoms. The van der Waals surface area contributed by atoms with Crippen LogP contribution in [0.1, 0.15) is 19.3 Å². The van der Waals surface area contributed by atoms with Gasteiger partial charge in [-0.2, -0.15) is 0 Å². The minimum Gasteiger partial charge on any atom is -0.391 e. The molecule has 2 aliphatic rings. The van der Waals surface area contributed by atoms with E-state index in [0.717, 1.165) is 45.4 Å². The maximum absolute atomic E-state index is 13.7. The van der Waals surface area contributed by atoms with Gasteiger partial charge in [-0.05, 0) is 31.4 Å². The molecule has 2 atom stereocenters. The smallest absolute Gasteiger partial charge is 0.146 e. The largest absolute Gasteiger partial charge is 0.391 e. The van der Waals surface area contributed by atoms with Crippen molar-refractivity contribution in [3.8, 4) is 0 Å². The first-order chi connectivity index (χ1) is 9.25. The van der Waals surface area contributed by atoms with E-state index in [1.807, 2.05) is 12.1 Å². The van der Waals surface area contributed by atoms with E-state index in [1.54, 1.807) is 6.07 Å². The zero-order valence-electron chi connectivity index (χ0n) is 11.1. The number of aliphatic hydroxyl groups is 1. The van der Waals surface area contributed by atoms with Gasteiger partial charge in [0.25, 0.3) is 0 Å². The molecule has 0 bridgehead atoms. The first kappa shape index (κ1) is 12.9.